The lowest BCUT2D eigenvalue weighted by Gasteiger charge is -2.33. The highest BCUT2D eigenvalue weighted by Gasteiger charge is 2.43. The summed E-state index contributed by atoms with van der Waals surface area (Å²) in [5.74, 6) is -0.417. The predicted octanol–water partition coefficient (Wildman–Crippen LogP) is 0.0954. The molecule has 1 aliphatic heterocycles. The third-order valence-corrected chi connectivity index (χ3v) is 1.70. The van der Waals surface area contributed by atoms with E-state index in [2.05, 4.69) is 5.32 Å². The van der Waals surface area contributed by atoms with Crippen LogP contribution in [0.2, 0.25) is 0 Å². The second kappa shape index (κ2) is 2.39. The lowest BCUT2D eigenvalue weighted by Crippen LogP contribution is -2.57. The first-order valence-electron chi connectivity index (χ1n) is 3.05. The fourth-order valence-electron chi connectivity index (χ4n) is 0.832. The summed E-state index contributed by atoms with van der Waals surface area (Å²) >= 11 is 0. The van der Waals surface area contributed by atoms with Crippen molar-refractivity contribution in [1.82, 2.24) is 5.32 Å². The Morgan fingerprint density at radius 1 is 1.40 bits per heavy atom. The number of halogens is 3. The lowest BCUT2D eigenvalue weighted by atomic mass is 9.94. The van der Waals surface area contributed by atoms with Gasteiger partial charge in [0, 0.05) is 19.0 Å². The van der Waals surface area contributed by atoms with Crippen LogP contribution in [0.15, 0.2) is 0 Å². The molecule has 1 rings (SSSR count). The maximum Gasteiger partial charge on any atom is 0.404 e. The maximum atomic E-state index is 11.8. The summed E-state index contributed by atoms with van der Waals surface area (Å²) in [6.07, 6.45) is -4.23. The Labute approximate surface area is 56.6 Å². The van der Waals surface area contributed by atoms with Gasteiger partial charge in [-0.15, -0.1) is 0 Å². The van der Waals surface area contributed by atoms with Crippen LogP contribution in [-0.4, -0.2) is 25.3 Å². The van der Waals surface area contributed by atoms with Gasteiger partial charge in [0.25, 0.3) is 0 Å². The quantitative estimate of drug-likeness (QED) is 0.562. The minimum atomic E-state index is -4.23. The molecule has 0 aliphatic carbocycles. The molecule has 3 N–H and O–H groups in total. The minimum Gasteiger partial charge on any atom is -0.320 e. The van der Waals surface area contributed by atoms with Gasteiger partial charge in [-0.05, 0) is 0 Å². The molecule has 5 heteroatoms. The zero-order chi connectivity index (χ0) is 7.78. The molecule has 1 unspecified atom stereocenters. The molecule has 0 amide bonds. The standard InChI is InChI=1S/C5H9F3N2/c6-5(7,8)4(9)3-1-10-2-3/h3-4,10H,1-2,9H2. The average molecular weight is 154 g/mol. The van der Waals surface area contributed by atoms with Crippen LogP contribution in [-0.2, 0) is 0 Å². The van der Waals surface area contributed by atoms with Gasteiger partial charge < -0.3 is 11.1 Å². The summed E-state index contributed by atoms with van der Waals surface area (Å²) in [6, 6.07) is -1.64. The molecule has 60 valence electrons. The molecular weight excluding hydrogens is 145 g/mol. The Kier molecular flexibility index (Phi) is 1.87. The summed E-state index contributed by atoms with van der Waals surface area (Å²) < 4.78 is 35.3. The molecule has 1 saturated heterocycles. The van der Waals surface area contributed by atoms with Crippen molar-refractivity contribution < 1.29 is 13.2 Å². The average Bonchev–Trinajstić information content (AvgIpc) is 1.57. The molecule has 2 nitrogen and oxygen atoms in total. The Bertz CT molecular complexity index is 119. The number of hydrogen-bond acceptors (Lipinski definition) is 2. The minimum absolute atomic E-state index is 0.390. The van der Waals surface area contributed by atoms with Crippen LogP contribution in [0.4, 0.5) is 13.2 Å². The summed E-state index contributed by atoms with van der Waals surface area (Å²) in [5.41, 5.74) is 4.89. The highest BCUT2D eigenvalue weighted by atomic mass is 19.4. The van der Waals surface area contributed by atoms with E-state index in [0.29, 0.717) is 13.1 Å². The molecule has 10 heavy (non-hydrogen) atoms. The van der Waals surface area contributed by atoms with Crippen LogP contribution in [0.1, 0.15) is 0 Å². The van der Waals surface area contributed by atoms with Gasteiger partial charge in [0.15, 0.2) is 0 Å². The summed E-state index contributed by atoms with van der Waals surface area (Å²) in [4.78, 5) is 0. The van der Waals surface area contributed by atoms with E-state index in [1.807, 2.05) is 0 Å². The summed E-state index contributed by atoms with van der Waals surface area (Å²) in [6.45, 7) is 0.779. The van der Waals surface area contributed by atoms with E-state index < -0.39 is 18.1 Å². The molecule has 0 spiro atoms. The van der Waals surface area contributed by atoms with Crippen LogP contribution in [0, 0.1) is 5.92 Å². The Hall–Kier alpha value is -0.290. The third-order valence-electron chi connectivity index (χ3n) is 1.70. The van der Waals surface area contributed by atoms with Crippen molar-refractivity contribution in [1.29, 1.82) is 0 Å². The van der Waals surface area contributed by atoms with Crippen molar-refractivity contribution in [2.75, 3.05) is 13.1 Å². The van der Waals surface area contributed by atoms with Crippen molar-refractivity contribution in [2.45, 2.75) is 12.2 Å². The molecule has 0 aromatic carbocycles. The van der Waals surface area contributed by atoms with Gasteiger partial charge in [-0.25, -0.2) is 0 Å². The number of alkyl halides is 3. The number of rotatable bonds is 1. The van der Waals surface area contributed by atoms with Gasteiger partial charge in [0.2, 0.25) is 0 Å². The molecule has 0 aromatic heterocycles. The van der Waals surface area contributed by atoms with Crippen LogP contribution in [0.5, 0.6) is 0 Å². The van der Waals surface area contributed by atoms with Gasteiger partial charge in [-0.1, -0.05) is 0 Å². The van der Waals surface area contributed by atoms with Crippen LogP contribution >= 0.6 is 0 Å². The monoisotopic (exact) mass is 154 g/mol. The summed E-state index contributed by atoms with van der Waals surface area (Å²) in [7, 11) is 0. The van der Waals surface area contributed by atoms with Gasteiger partial charge in [0.05, 0.1) is 0 Å². The Morgan fingerprint density at radius 3 is 2.00 bits per heavy atom. The molecule has 1 heterocycles. The van der Waals surface area contributed by atoms with E-state index >= 15 is 0 Å². The highest BCUT2D eigenvalue weighted by molar-refractivity contribution is 4.88. The Morgan fingerprint density at radius 2 is 1.90 bits per heavy atom. The van der Waals surface area contributed by atoms with E-state index in [9.17, 15) is 13.2 Å². The molecule has 0 saturated carbocycles. The zero-order valence-corrected chi connectivity index (χ0v) is 5.28. The second-order valence-corrected chi connectivity index (χ2v) is 2.49. The van der Waals surface area contributed by atoms with Crippen LogP contribution in [0.25, 0.3) is 0 Å². The number of nitrogens with one attached hydrogen (secondary N) is 1. The van der Waals surface area contributed by atoms with E-state index in [0.717, 1.165) is 0 Å². The maximum absolute atomic E-state index is 11.8. The lowest BCUT2D eigenvalue weighted by molar-refractivity contribution is -0.162. The highest BCUT2D eigenvalue weighted by Crippen LogP contribution is 2.25. The van der Waals surface area contributed by atoms with Crippen molar-refractivity contribution in [3.8, 4) is 0 Å². The second-order valence-electron chi connectivity index (χ2n) is 2.49. The van der Waals surface area contributed by atoms with Crippen molar-refractivity contribution in [2.24, 2.45) is 11.7 Å². The van der Waals surface area contributed by atoms with Crippen molar-refractivity contribution in [3.05, 3.63) is 0 Å². The van der Waals surface area contributed by atoms with E-state index in [4.69, 9.17) is 5.73 Å². The van der Waals surface area contributed by atoms with E-state index in [1.54, 1.807) is 0 Å². The zero-order valence-electron chi connectivity index (χ0n) is 5.28. The van der Waals surface area contributed by atoms with Crippen LogP contribution < -0.4 is 11.1 Å². The molecule has 1 fully saturated rings. The molecule has 1 aliphatic rings. The van der Waals surface area contributed by atoms with Gasteiger partial charge in [0.1, 0.15) is 6.04 Å². The number of nitrogens with two attached hydrogens (primary N) is 1. The number of hydrogen-bond donors (Lipinski definition) is 2. The van der Waals surface area contributed by atoms with Gasteiger partial charge in [-0.3, -0.25) is 0 Å². The fraction of sp³-hybridized carbons (Fsp3) is 1.00. The molecule has 1 atom stereocenters. The molecule has 0 aromatic rings. The first-order valence-corrected chi connectivity index (χ1v) is 3.05. The van der Waals surface area contributed by atoms with E-state index in [1.165, 1.54) is 0 Å². The largest absolute Gasteiger partial charge is 0.404 e. The predicted molar refractivity (Wildman–Crippen MR) is 30.4 cm³/mol. The van der Waals surface area contributed by atoms with Gasteiger partial charge in [-0.2, -0.15) is 13.2 Å². The SMILES string of the molecule is NC(C1CNC1)C(F)(F)F. The van der Waals surface area contributed by atoms with Crippen molar-refractivity contribution in [3.63, 3.8) is 0 Å². The third kappa shape index (κ3) is 1.41. The molecule has 0 radical (unpaired) electrons. The Balaban J connectivity index is 2.39. The summed E-state index contributed by atoms with van der Waals surface area (Å²) in [5, 5.41) is 2.73. The first kappa shape index (κ1) is 7.81. The normalized spacial score (nSPS) is 24.0. The van der Waals surface area contributed by atoms with Crippen molar-refractivity contribution >= 4 is 0 Å². The van der Waals surface area contributed by atoms with Gasteiger partial charge >= 0.3 is 6.18 Å². The van der Waals surface area contributed by atoms with E-state index in [-0.39, 0.29) is 0 Å². The fourth-order valence-corrected chi connectivity index (χ4v) is 0.832. The first-order chi connectivity index (χ1) is 4.52. The molecule has 0 bridgehead atoms. The topological polar surface area (TPSA) is 38.0 Å². The molecular formula is C5H9F3N2. The van der Waals surface area contributed by atoms with Crippen LogP contribution in [0.3, 0.4) is 0 Å². The smallest absolute Gasteiger partial charge is 0.320 e.